The highest BCUT2D eigenvalue weighted by Crippen LogP contribution is 2.36. The van der Waals surface area contributed by atoms with E-state index in [4.69, 9.17) is 47.4 Å². The third-order valence-electron chi connectivity index (χ3n) is 8.83. The maximum absolute atomic E-state index is 13.4. The second-order valence-corrected chi connectivity index (χ2v) is 16.6. The number of hydrogen-bond acceptors (Lipinski definition) is 18. The number of aliphatic hydroxyl groups excluding tert-OH is 1. The van der Waals surface area contributed by atoms with Crippen LogP contribution in [0, 0.1) is 41.4 Å². The van der Waals surface area contributed by atoms with E-state index in [9.17, 15) is 38.7 Å². The fraction of sp³-hybridized carbons (Fsp3) is 0.825. The quantitative estimate of drug-likeness (QED) is 0.154. The molecule has 2 rings (SSSR count). The van der Waals surface area contributed by atoms with Crippen LogP contribution in [0.25, 0.3) is 0 Å². The molecule has 18 heteroatoms. The smallest absolute Gasteiger partial charge is 0.308 e. The van der Waals surface area contributed by atoms with E-state index in [0.717, 1.165) is 0 Å². The molecular formula is C40H64O18. The van der Waals surface area contributed by atoms with Crippen LogP contribution >= 0.6 is 0 Å². The molecule has 2 saturated heterocycles. The van der Waals surface area contributed by atoms with Crippen molar-refractivity contribution in [2.24, 2.45) is 41.4 Å². The van der Waals surface area contributed by atoms with Crippen LogP contribution in [-0.2, 0) is 80.9 Å². The zero-order valence-corrected chi connectivity index (χ0v) is 36.1. The van der Waals surface area contributed by atoms with E-state index in [1.54, 1.807) is 55.4 Å². The zero-order chi connectivity index (χ0) is 44.3. The monoisotopic (exact) mass is 832 g/mol. The van der Waals surface area contributed by atoms with Crippen molar-refractivity contribution in [3.05, 3.63) is 0 Å². The summed E-state index contributed by atoms with van der Waals surface area (Å²) in [7, 11) is 0. The summed E-state index contributed by atoms with van der Waals surface area (Å²) >= 11 is 0. The number of carbonyl (C=O) groups excluding carboxylic acids is 7. The van der Waals surface area contributed by atoms with Gasteiger partial charge in [0.15, 0.2) is 43.1 Å². The fourth-order valence-corrected chi connectivity index (χ4v) is 5.14. The molecule has 2 fully saturated rings. The zero-order valence-electron chi connectivity index (χ0n) is 36.1. The van der Waals surface area contributed by atoms with E-state index >= 15 is 0 Å². The summed E-state index contributed by atoms with van der Waals surface area (Å²) in [6, 6.07) is 0. The number of hydrogen-bond donors (Lipinski definition) is 1. The molecule has 58 heavy (non-hydrogen) atoms. The van der Waals surface area contributed by atoms with Crippen LogP contribution in [0.4, 0.5) is 0 Å². The first-order chi connectivity index (χ1) is 26.9. The van der Waals surface area contributed by atoms with Crippen LogP contribution in [0.1, 0.15) is 96.9 Å². The minimum absolute atomic E-state index is 0.580. The van der Waals surface area contributed by atoms with E-state index in [0.29, 0.717) is 0 Å². The lowest BCUT2D eigenvalue weighted by atomic mass is 9.95. The summed E-state index contributed by atoms with van der Waals surface area (Å²) in [6.07, 6.45) is -16.8. The van der Waals surface area contributed by atoms with Crippen LogP contribution in [0.3, 0.4) is 0 Å². The summed E-state index contributed by atoms with van der Waals surface area (Å²) < 4.78 is 58.9. The van der Waals surface area contributed by atoms with Crippen molar-refractivity contribution in [3.8, 4) is 0 Å². The predicted octanol–water partition coefficient (Wildman–Crippen LogP) is 3.05. The van der Waals surface area contributed by atoms with E-state index in [1.807, 2.05) is 0 Å². The van der Waals surface area contributed by atoms with Crippen molar-refractivity contribution in [2.75, 3.05) is 13.2 Å². The Balaban J connectivity index is 2.93. The highest BCUT2D eigenvalue weighted by Gasteiger charge is 2.58. The standard InChI is InChI=1S/C40H64O18/c1-17(2)32(41)49-15-24-27(28(54-35(44)20(7)8)30(39(48)51-24)56-37(46)22(11)12)58-40-31(57-38(47)23(13)14)29(55-36(45)21(9)10)26(53-34(43)19(5)6)25(52-40)16-50-33(42)18(3)4/h17-31,39-40,48H,15-16H2,1-14H3/t24?,25?,26-,27-,28+,29+,30?,31?,39-,40-/m1/s1. The first-order valence-electron chi connectivity index (χ1n) is 19.9. The minimum atomic E-state index is -1.94. The van der Waals surface area contributed by atoms with Crippen molar-refractivity contribution in [1.29, 1.82) is 0 Å². The molecular weight excluding hydrogens is 768 g/mol. The Morgan fingerprint density at radius 2 is 0.690 bits per heavy atom. The second kappa shape index (κ2) is 22.5. The van der Waals surface area contributed by atoms with Gasteiger partial charge in [0.25, 0.3) is 0 Å². The number of rotatable bonds is 18. The molecule has 2 aliphatic rings. The van der Waals surface area contributed by atoms with Crippen LogP contribution < -0.4 is 0 Å². The maximum Gasteiger partial charge on any atom is 0.308 e. The molecule has 0 aliphatic carbocycles. The van der Waals surface area contributed by atoms with E-state index in [-0.39, 0.29) is 0 Å². The van der Waals surface area contributed by atoms with Gasteiger partial charge in [-0.3, -0.25) is 33.6 Å². The van der Waals surface area contributed by atoms with Crippen LogP contribution in [0.2, 0.25) is 0 Å². The Bertz CT molecular complexity index is 1420. The van der Waals surface area contributed by atoms with Gasteiger partial charge in [0.1, 0.15) is 31.5 Å². The SMILES string of the molecule is CC(C)C(=O)OCC1O[C@H](O[C@@H]2C(COC(=O)C(C)C)O[C@@H](O)C(OC(=O)C(C)C)[C@H]2OC(=O)C(C)C)C(OC(=O)C(C)C)[C@@H](OC(=O)C(C)C)[C@@H]1OC(=O)C(C)C. The van der Waals surface area contributed by atoms with Crippen molar-refractivity contribution < 1.29 is 86.0 Å². The molecule has 0 bridgehead atoms. The Hall–Kier alpha value is -3.87. The average Bonchev–Trinajstić information content (AvgIpc) is 3.13. The molecule has 4 unspecified atom stereocenters. The van der Waals surface area contributed by atoms with Gasteiger partial charge < -0.3 is 52.5 Å². The second-order valence-electron chi connectivity index (χ2n) is 16.6. The van der Waals surface area contributed by atoms with Gasteiger partial charge in [0.05, 0.1) is 41.4 Å². The van der Waals surface area contributed by atoms with Crippen molar-refractivity contribution in [3.63, 3.8) is 0 Å². The molecule has 0 saturated carbocycles. The van der Waals surface area contributed by atoms with Gasteiger partial charge >= 0.3 is 41.8 Å². The molecule has 0 aromatic heterocycles. The Morgan fingerprint density at radius 3 is 1.05 bits per heavy atom. The average molecular weight is 833 g/mol. The van der Waals surface area contributed by atoms with Crippen molar-refractivity contribution in [1.82, 2.24) is 0 Å². The summed E-state index contributed by atoms with van der Waals surface area (Å²) in [5.74, 6) is -10.2. The molecule has 332 valence electrons. The van der Waals surface area contributed by atoms with Gasteiger partial charge in [-0.05, 0) is 0 Å². The number of esters is 7. The largest absolute Gasteiger partial charge is 0.463 e. The Kier molecular flexibility index (Phi) is 19.5. The first kappa shape index (κ1) is 50.3. The van der Waals surface area contributed by atoms with Crippen molar-refractivity contribution in [2.45, 2.75) is 158 Å². The lowest BCUT2D eigenvalue weighted by molar-refractivity contribution is -0.358. The summed E-state index contributed by atoms with van der Waals surface area (Å²) in [5.41, 5.74) is 0. The van der Waals surface area contributed by atoms with Crippen LogP contribution in [0.5, 0.6) is 0 Å². The molecule has 0 aromatic rings. The molecule has 0 amide bonds. The summed E-state index contributed by atoms with van der Waals surface area (Å²) in [4.78, 5) is 91.6. The number of ether oxygens (including phenoxy) is 10. The third kappa shape index (κ3) is 14.2. The fourth-order valence-electron chi connectivity index (χ4n) is 5.14. The maximum atomic E-state index is 13.4. The molecule has 2 heterocycles. The topological polar surface area (TPSA) is 232 Å². The van der Waals surface area contributed by atoms with E-state index in [1.165, 1.54) is 41.5 Å². The van der Waals surface area contributed by atoms with Gasteiger partial charge in [-0.1, -0.05) is 96.9 Å². The lowest BCUT2D eigenvalue weighted by Gasteiger charge is -2.48. The first-order valence-corrected chi connectivity index (χ1v) is 19.9. The van der Waals surface area contributed by atoms with Crippen molar-refractivity contribution >= 4 is 41.8 Å². The Morgan fingerprint density at radius 1 is 0.397 bits per heavy atom. The molecule has 10 atom stereocenters. The molecule has 0 aromatic carbocycles. The van der Waals surface area contributed by atoms with Gasteiger partial charge in [0, 0.05) is 0 Å². The van der Waals surface area contributed by atoms with Gasteiger partial charge in [-0.2, -0.15) is 0 Å². The molecule has 0 radical (unpaired) electrons. The summed E-state index contributed by atoms with van der Waals surface area (Å²) in [5, 5.41) is 11.2. The number of aliphatic hydroxyl groups is 1. The lowest BCUT2D eigenvalue weighted by Crippen LogP contribution is -2.67. The molecule has 1 N–H and O–H groups in total. The molecule has 0 spiro atoms. The predicted molar refractivity (Wildman–Crippen MR) is 200 cm³/mol. The van der Waals surface area contributed by atoms with Gasteiger partial charge in [-0.25, -0.2) is 0 Å². The molecule has 18 nitrogen and oxygen atoms in total. The normalized spacial score (nSPS) is 27.5. The van der Waals surface area contributed by atoms with Crippen LogP contribution in [0.15, 0.2) is 0 Å². The highest BCUT2D eigenvalue weighted by molar-refractivity contribution is 5.75. The number of carbonyl (C=O) groups is 7. The summed E-state index contributed by atoms with van der Waals surface area (Å²) in [6.45, 7) is 20.6. The van der Waals surface area contributed by atoms with Gasteiger partial charge in [0.2, 0.25) is 0 Å². The highest BCUT2D eigenvalue weighted by atomic mass is 16.8. The minimum Gasteiger partial charge on any atom is -0.463 e. The van der Waals surface area contributed by atoms with E-state index < -0.39 is 158 Å². The third-order valence-corrected chi connectivity index (χ3v) is 8.83. The van der Waals surface area contributed by atoms with Crippen LogP contribution in [-0.4, -0.2) is 122 Å². The Labute approximate surface area is 340 Å². The van der Waals surface area contributed by atoms with Gasteiger partial charge in [-0.15, -0.1) is 0 Å². The van der Waals surface area contributed by atoms with E-state index in [2.05, 4.69) is 0 Å². The molecule has 2 aliphatic heterocycles.